The van der Waals surface area contributed by atoms with Gasteiger partial charge >= 0.3 is 0 Å². The quantitative estimate of drug-likeness (QED) is 0.758. The van der Waals surface area contributed by atoms with Gasteiger partial charge in [-0.05, 0) is 18.2 Å². The zero-order valence-electron chi connectivity index (χ0n) is 10.5. The van der Waals surface area contributed by atoms with Gasteiger partial charge in [0.05, 0.1) is 11.3 Å². The lowest BCUT2D eigenvalue weighted by Gasteiger charge is -2.28. The fourth-order valence-electron chi connectivity index (χ4n) is 2.23. The van der Waals surface area contributed by atoms with Crippen molar-refractivity contribution in [2.75, 3.05) is 5.32 Å². The first-order chi connectivity index (χ1) is 9.97. The molecule has 1 amide bonds. The highest BCUT2D eigenvalue weighted by molar-refractivity contribution is 6.31. The molecule has 1 heterocycles. The van der Waals surface area contributed by atoms with E-state index in [0.717, 1.165) is 6.07 Å². The number of phenolic OH excluding ortho intramolecular Hbond substituents is 1. The molecule has 0 saturated heterocycles. The van der Waals surface area contributed by atoms with Crippen molar-refractivity contribution in [2.45, 2.75) is 6.17 Å². The van der Waals surface area contributed by atoms with Gasteiger partial charge in [0.2, 0.25) is 0 Å². The number of benzene rings is 2. The van der Waals surface area contributed by atoms with Gasteiger partial charge in [-0.15, -0.1) is 0 Å². The number of anilines is 1. The van der Waals surface area contributed by atoms with Gasteiger partial charge < -0.3 is 15.7 Å². The van der Waals surface area contributed by atoms with Crippen LogP contribution in [-0.2, 0) is 0 Å². The van der Waals surface area contributed by atoms with Gasteiger partial charge in [0.25, 0.3) is 5.91 Å². The highest BCUT2D eigenvalue weighted by Gasteiger charge is 2.29. The van der Waals surface area contributed by atoms with Gasteiger partial charge in [0.1, 0.15) is 12.0 Å². The van der Waals surface area contributed by atoms with E-state index in [1.165, 1.54) is 24.3 Å². The number of hydrogen-bond donors (Lipinski definition) is 3. The van der Waals surface area contributed by atoms with Crippen LogP contribution in [0.15, 0.2) is 30.3 Å². The Morgan fingerprint density at radius 1 is 1.19 bits per heavy atom. The molecule has 1 unspecified atom stereocenters. The fourth-order valence-corrected chi connectivity index (χ4v) is 2.43. The minimum Gasteiger partial charge on any atom is -0.505 e. The van der Waals surface area contributed by atoms with Crippen LogP contribution in [0.25, 0.3) is 0 Å². The van der Waals surface area contributed by atoms with Crippen LogP contribution in [-0.4, -0.2) is 11.0 Å². The Bertz CT molecular complexity index is 752. The van der Waals surface area contributed by atoms with Crippen LogP contribution in [0.4, 0.5) is 14.5 Å². The summed E-state index contributed by atoms with van der Waals surface area (Å²) in [5.74, 6) is -2.85. The molecule has 1 aliphatic heterocycles. The second-order valence-electron chi connectivity index (χ2n) is 4.54. The molecule has 108 valence electrons. The largest absolute Gasteiger partial charge is 0.505 e. The molecule has 0 aliphatic carbocycles. The van der Waals surface area contributed by atoms with E-state index < -0.39 is 29.5 Å². The van der Waals surface area contributed by atoms with Gasteiger partial charge in [-0.2, -0.15) is 0 Å². The SMILES string of the molecule is O=C1NC(c2cccc(O)c2F)Nc2cc(Cl)cc(F)c21. The average Bonchev–Trinajstić information content (AvgIpc) is 2.40. The molecule has 3 rings (SSSR count). The number of hydrogen-bond acceptors (Lipinski definition) is 3. The minimum atomic E-state index is -0.935. The van der Waals surface area contributed by atoms with Crippen molar-refractivity contribution in [2.24, 2.45) is 0 Å². The first-order valence-corrected chi connectivity index (χ1v) is 6.39. The number of halogens is 3. The number of carbonyl (C=O) groups excluding carboxylic acids is 1. The molecule has 0 radical (unpaired) electrons. The molecule has 4 nitrogen and oxygen atoms in total. The number of aromatic hydroxyl groups is 1. The van der Waals surface area contributed by atoms with Gasteiger partial charge in [0.15, 0.2) is 11.6 Å². The highest BCUT2D eigenvalue weighted by Crippen LogP contribution is 2.33. The molecule has 7 heteroatoms. The first-order valence-electron chi connectivity index (χ1n) is 6.01. The predicted octanol–water partition coefficient (Wildman–Crippen LogP) is 3.18. The van der Waals surface area contributed by atoms with Crippen molar-refractivity contribution >= 4 is 23.2 Å². The molecule has 0 aromatic heterocycles. The standard InChI is InChI=1S/C14H9ClF2N2O2/c15-6-4-8(16)11-9(5-6)18-13(19-14(11)21)7-2-1-3-10(20)12(7)17/h1-5,13,18,20H,(H,19,21). The molecule has 1 aliphatic rings. The number of phenols is 1. The molecule has 0 spiro atoms. The predicted molar refractivity (Wildman–Crippen MR) is 73.3 cm³/mol. The van der Waals surface area contributed by atoms with E-state index in [1.807, 2.05) is 0 Å². The summed E-state index contributed by atoms with van der Waals surface area (Å²) in [6.45, 7) is 0. The van der Waals surface area contributed by atoms with E-state index in [4.69, 9.17) is 11.6 Å². The third kappa shape index (κ3) is 2.27. The highest BCUT2D eigenvalue weighted by atomic mass is 35.5. The summed E-state index contributed by atoms with van der Waals surface area (Å²) in [5, 5.41) is 14.7. The summed E-state index contributed by atoms with van der Waals surface area (Å²) in [4.78, 5) is 12.0. The minimum absolute atomic E-state index is 0.0365. The van der Waals surface area contributed by atoms with Gasteiger partial charge in [-0.25, -0.2) is 8.78 Å². The maximum absolute atomic E-state index is 13.9. The van der Waals surface area contributed by atoms with Crippen LogP contribution in [0.3, 0.4) is 0 Å². The second-order valence-corrected chi connectivity index (χ2v) is 4.98. The van der Waals surface area contributed by atoms with Crippen molar-refractivity contribution in [1.82, 2.24) is 5.32 Å². The maximum atomic E-state index is 13.9. The van der Waals surface area contributed by atoms with Crippen molar-refractivity contribution in [3.63, 3.8) is 0 Å². The Morgan fingerprint density at radius 3 is 2.71 bits per heavy atom. The molecule has 21 heavy (non-hydrogen) atoms. The number of fused-ring (bicyclic) bond motifs is 1. The normalized spacial score (nSPS) is 16.9. The van der Waals surface area contributed by atoms with E-state index in [-0.39, 0.29) is 21.8 Å². The Kier molecular flexibility index (Phi) is 3.17. The number of carbonyl (C=O) groups is 1. The number of rotatable bonds is 1. The zero-order valence-corrected chi connectivity index (χ0v) is 11.2. The molecule has 2 aromatic carbocycles. The third-order valence-electron chi connectivity index (χ3n) is 3.18. The van der Waals surface area contributed by atoms with Gasteiger partial charge in [-0.3, -0.25) is 4.79 Å². The molecule has 0 saturated carbocycles. The smallest absolute Gasteiger partial charge is 0.258 e. The summed E-state index contributed by atoms with van der Waals surface area (Å²) >= 11 is 5.75. The molecular weight excluding hydrogens is 302 g/mol. The molecular formula is C14H9ClF2N2O2. The molecule has 1 atom stereocenters. The van der Waals surface area contributed by atoms with Crippen LogP contribution >= 0.6 is 11.6 Å². The fraction of sp³-hybridized carbons (Fsp3) is 0.0714. The van der Waals surface area contributed by atoms with Gasteiger partial charge in [0, 0.05) is 10.6 Å². The van der Waals surface area contributed by atoms with Crippen LogP contribution in [0.2, 0.25) is 5.02 Å². The maximum Gasteiger partial charge on any atom is 0.258 e. The Morgan fingerprint density at radius 2 is 1.95 bits per heavy atom. The van der Waals surface area contributed by atoms with E-state index in [9.17, 15) is 18.7 Å². The van der Waals surface area contributed by atoms with Crippen molar-refractivity contribution in [3.05, 3.63) is 58.1 Å². The lowest BCUT2D eigenvalue weighted by Crippen LogP contribution is -2.39. The van der Waals surface area contributed by atoms with Crippen LogP contribution < -0.4 is 10.6 Å². The monoisotopic (exact) mass is 310 g/mol. The van der Waals surface area contributed by atoms with E-state index in [2.05, 4.69) is 10.6 Å². The van der Waals surface area contributed by atoms with Crippen molar-refractivity contribution in [3.8, 4) is 5.75 Å². The van der Waals surface area contributed by atoms with E-state index in [0.29, 0.717) is 0 Å². The molecule has 0 fully saturated rings. The van der Waals surface area contributed by atoms with Crippen LogP contribution in [0, 0.1) is 11.6 Å². The Hall–Kier alpha value is -2.34. The molecule has 3 N–H and O–H groups in total. The second kappa shape index (κ2) is 4.89. The third-order valence-corrected chi connectivity index (χ3v) is 3.39. The summed E-state index contributed by atoms with van der Waals surface area (Å²) in [6.07, 6.45) is -0.935. The lowest BCUT2D eigenvalue weighted by molar-refractivity contribution is 0.0930. The van der Waals surface area contributed by atoms with Crippen LogP contribution in [0.1, 0.15) is 22.1 Å². The van der Waals surface area contributed by atoms with E-state index in [1.54, 1.807) is 0 Å². The average molecular weight is 311 g/mol. The van der Waals surface area contributed by atoms with Crippen molar-refractivity contribution < 1.29 is 18.7 Å². The summed E-state index contributed by atoms with van der Waals surface area (Å²) in [7, 11) is 0. The Labute approximate surface area is 123 Å². The lowest BCUT2D eigenvalue weighted by atomic mass is 10.0. The van der Waals surface area contributed by atoms with Crippen molar-refractivity contribution in [1.29, 1.82) is 0 Å². The first kappa shape index (κ1) is 13.6. The number of nitrogens with one attached hydrogen (secondary N) is 2. The summed E-state index contributed by atoms with van der Waals surface area (Å²) in [5.41, 5.74) is 0.0158. The van der Waals surface area contributed by atoms with E-state index >= 15 is 0 Å². The summed E-state index contributed by atoms with van der Waals surface area (Å²) < 4.78 is 27.7. The van der Waals surface area contributed by atoms with Crippen LogP contribution in [0.5, 0.6) is 5.75 Å². The van der Waals surface area contributed by atoms with Gasteiger partial charge in [-0.1, -0.05) is 23.7 Å². The number of amides is 1. The topological polar surface area (TPSA) is 61.4 Å². The summed E-state index contributed by atoms with van der Waals surface area (Å²) in [6, 6.07) is 6.44. The zero-order chi connectivity index (χ0) is 15.1. The molecule has 0 bridgehead atoms. The Balaban J connectivity index is 2.06. The molecule has 2 aromatic rings.